The molecule has 0 fully saturated rings. The first-order valence-electron chi connectivity index (χ1n) is 6.74. The van der Waals surface area contributed by atoms with E-state index in [4.69, 9.17) is 17.0 Å². The zero-order valence-electron chi connectivity index (χ0n) is 12.4. The third kappa shape index (κ3) is 4.30. The highest BCUT2D eigenvalue weighted by Gasteiger charge is 2.07. The van der Waals surface area contributed by atoms with Crippen LogP contribution in [-0.4, -0.2) is 21.4 Å². The van der Waals surface area contributed by atoms with Gasteiger partial charge in [-0.05, 0) is 30.7 Å². The van der Waals surface area contributed by atoms with Crippen molar-refractivity contribution in [2.75, 3.05) is 0 Å². The van der Waals surface area contributed by atoms with E-state index in [-0.39, 0.29) is 11.6 Å². The molecule has 0 bridgehead atoms. The Morgan fingerprint density at radius 3 is 2.68 bits per heavy atom. The monoisotopic (exact) mass is 316 g/mol. The number of amides is 1. The van der Waals surface area contributed by atoms with Gasteiger partial charge in [0, 0.05) is 35.9 Å². The molecule has 0 aliphatic carbocycles. The Kier molecular flexibility index (Phi) is 5.12. The molecule has 1 heterocycles. The quantitative estimate of drug-likeness (QED) is 0.657. The minimum Gasteiger partial charge on any atom is -0.348 e. The summed E-state index contributed by atoms with van der Waals surface area (Å²) in [5.74, 6) is -0.205. The van der Waals surface area contributed by atoms with Crippen LogP contribution in [0.2, 0.25) is 5.02 Å². The number of nitrogens with one attached hydrogen (secondary N) is 2. The Morgan fingerprint density at radius 2 is 2.09 bits per heavy atom. The molecule has 0 atom stereocenters. The fraction of sp³-hybridized carbons (Fsp3) is 0.188. The van der Waals surface area contributed by atoms with Gasteiger partial charge < -0.3 is 10.7 Å². The standard InChI is InChI=1S/C16H17ClN4O/c1-11(7-15(18)13-9-20-21(2)10-13)16(22)19-8-12-3-5-14(17)6-4-12/h3-7,9-10,18H,8H2,1-2H3,(H,19,22)/b11-7-,18-15?. The lowest BCUT2D eigenvalue weighted by atomic mass is 10.1. The summed E-state index contributed by atoms with van der Waals surface area (Å²) in [4.78, 5) is 12.0. The Hall–Kier alpha value is -2.40. The van der Waals surface area contributed by atoms with Crippen LogP contribution in [0.1, 0.15) is 18.1 Å². The number of allylic oxidation sites excluding steroid dienone is 1. The van der Waals surface area contributed by atoms with Gasteiger partial charge in [0.15, 0.2) is 0 Å². The van der Waals surface area contributed by atoms with Crippen molar-refractivity contribution < 1.29 is 4.79 Å². The summed E-state index contributed by atoms with van der Waals surface area (Å²) in [5, 5.41) is 15.4. The summed E-state index contributed by atoms with van der Waals surface area (Å²) in [6.45, 7) is 2.10. The molecule has 114 valence electrons. The van der Waals surface area contributed by atoms with Gasteiger partial charge in [0.25, 0.3) is 0 Å². The van der Waals surface area contributed by atoms with Gasteiger partial charge in [-0.15, -0.1) is 0 Å². The molecule has 1 amide bonds. The van der Waals surface area contributed by atoms with E-state index in [1.165, 1.54) is 6.08 Å². The van der Waals surface area contributed by atoms with Crippen molar-refractivity contribution in [1.29, 1.82) is 5.41 Å². The zero-order valence-corrected chi connectivity index (χ0v) is 13.2. The van der Waals surface area contributed by atoms with E-state index in [9.17, 15) is 4.79 Å². The molecular weight excluding hydrogens is 300 g/mol. The van der Waals surface area contributed by atoms with Gasteiger partial charge in [0.05, 0.1) is 11.9 Å². The lowest BCUT2D eigenvalue weighted by Gasteiger charge is -2.06. The second-order valence-electron chi connectivity index (χ2n) is 4.95. The fourth-order valence-electron chi connectivity index (χ4n) is 1.85. The number of benzene rings is 1. The molecule has 1 aromatic heterocycles. The van der Waals surface area contributed by atoms with Crippen molar-refractivity contribution in [3.8, 4) is 0 Å². The van der Waals surface area contributed by atoms with E-state index in [2.05, 4.69) is 10.4 Å². The SMILES string of the molecule is C/C(=C/C(=N)c1cnn(C)c1)C(=O)NCc1ccc(Cl)cc1. The average molecular weight is 317 g/mol. The summed E-state index contributed by atoms with van der Waals surface area (Å²) in [5.41, 5.74) is 2.37. The zero-order chi connectivity index (χ0) is 16.1. The second kappa shape index (κ2) is 7.04. The number of aromatic nitrogens is 2. The van der Waals surface area contributed by atoms with Crippen molar-refractivity contribution >= 4 is 23.2 Å². The number of halogens is 1. The maximum absolute atomic E-state index is 12.0. The van der Waals surface area contributed by atoms with E-state index in [0.29, 0.717) is 22.7 Å². The van der Waals surface area contributed by atoms with Crippen LogP contribution in [-0.2, 0) is 18.4 Å². The summed E-state index contributed by atoms with van der Waals surface area (Å²) in [6.07, 6.45) is 4.86. The summed E-state index contributed by atoms with van der Waals surface area (Å²) in [7, 11) is 1.78. The number of carbonyl (C=O) groups excluding carboxylic acids is 1. The van der Waals surface area contributed by atoms with Gasteiger partial charge in [0.2, 0.25) is 5.91 Å². The minimum atomic E-state index is -0.205. The van der Waals surface area contributed by atoms with E-state index in [1.54, 1.807) is 43.2 Å². The van der Waals surface area contributed by atoms with Crippen LogP contribution in [0.25, 0.3) is 0 Å². The second-order valence-corrected chi connectivity index (χ2v) is 5.39. The first-order valence-corrected chi connectivity index (χ1v) is 7.12. The molecular formula is C16H17ClN4O. The first-order chi connectivity index (χ1) is 10.5. The third-order valence-corrected chi connectivity index (χ3v) is 3.35. The summed E-state index contributed by atoms with van der Waals surface area (Å²) >= 11 is 5.82. The Morgan fingerprint density at radius 1 is 1.41 bits per heavy atom. The molecule has 0 aliphatic heterocycles. The number of rotatable bonds is 5. The predicted molar refractivity (Wildman–Crippen MR) is 87.1 cm³/mol. The summed E-state index contributed by atoms with van der Waals surface area (Å²) < 4.78 is 1.62. The van der Waals surface area contributed by atoms with Crippen molar-refractivity contribution in [3.63, 3.8) is 0 Å². The van der Waals surface area contributed by atoms with E-state index in [0.717, 1.165) is 5.56 Å². The molecule has 2 aromatic rings. The maximum Gasteiger partial charge on any atom is 0.247 e. The molecule has 2 N–H and O–H groups in total. The van der Waals surface area contributed by atoms with Crippen LogP contribution in [0.4, 0.5) is 0 Å². The Labute approximate surface area is 134 Å². The normalized spacial score (nSPS) is 11.3. The molecule has 0 aliphatic rings. The predicted octanol–water partition coefficient (Wildman–Crippen LogP) is 2.70. The Bertz CT molecular complexity index is 716. The molecule has 0 saturated heterocycles. The number of carbonyl (C=O) groups is 1. The van der Waals surface area contributed by atoms with Crippen LogP contribution in [0, 0.1) is 5.41 Å². The Balaban J connectivity index is 1.95. The van der Waals surface area contributed by atoms with Crippen molar-refractivity contribution in [1.82, 2.24) is 15.1 Å². The highest BCUT2D eigenvalue weighted by atomic mass is 35.5. The highest BCUT2D eigenvalue weighted by molar-refractivity contribution is 6.30. The van der Waals surface area contributed by atoms with Crippen LogP contribution >= 0.6 is 11.6 Å². The maximum atomic E-state index is 12.0. The largest absolute Gasteiger partial charge is 0.348 e. The molecule has 0 saturated carbocycles. The smallest absolute Gasteiger partial charge is 0.247 e. The van der Waals surface area contributed by atoms with Gasteiger partial charge in [-0.2, -0.15) is 5.10 Å². The average Bonchev–Trinajstić information content (AvgIpc) is 2.93. The number of hydrogen-bond donors (Lipinski definition) is 2. The molecule has 5 nitrogen and oxygen atoms in total. The van der Waals surface area contributed by atoms with Crippen LogP contribution in [0.3, 0.4) is 0 Å². The third-order valence-electron chi connectivity index (χ3n) is 3.10. The van der Waals surface area contributed by atoms with Crippen molar-refractivity contribution in [2.45, 2.75) is 13.5 Å². The number of aryl methyl sites for hydroxylation is 1. The molecule has 0 unspecified atom stereocenters. The molecule has 0 radical (unpaired) electrons. The molecule has 6 heteroatoms. The van der Waals surface area contributed by atoms with Gasteiger partial charge in [-0.25, -0.2) is 0 Å². The fourth-order valence-corrected chi connectivity index (χ4v) is 1.98. The van der Waals surface area contributed by atoms with Crippen LogP contribution < -0.4 is 5.32 Å². The number of hydrogen-bond acceptors (Lipinski definition) is 3. The van der Waals surface area contributed by atoms with Gasteiger partial charge in [-0.3, -0.25) is 9.48 Å². The van der Waals surface area contributed by atoms with E-state index >= 15 is 0 Å². The first kappa shape index (κ1) is 16.0. The van der Waals surface area contributed by atoms with Crippen molar-refractivity contribution in [2.24, 2.45) is 7.05 Å². The summed E-state index contributed by atoms with van der Waals surface area (Å²) in [6, 6.07) is 7.28. The molecule has 2 rings (SSSR count). The van der Waals surface area contributed by atoms with Gasteiger partial charge in [-0.1, -0.05) is 23.7 Å². The van der Waals surface area contributed by atoms with Crippen LogP contribution in [0.5, 0.6) is 0 Å². The van der Waals surface area contributed by atoms with Gasteiger partial charge >= 0.3 is 0 Å². The van der Waals surface area contributed by atoms with Gasteiger partial charge in [0.1, 0.15) is 0 Å². The lowest BCUT2D eigenvalue weighted by Crippen LogP contribution is -2.23. The minimum absolute atomic E-state index is 0.205. The van der Waals surface area contributed by atoms with Crippen molar-refractivity contribution in [3.05, 3.63) is 64.5 Å². The lowest BCUT2D eigenvalue weighted by molar-refractivity contribution is -0.117. The van der Waals surface area contributed by atoms with E-state index < -0.39 is 0 Å². The topological polar surface area (TPSA) is 70.8 Å². The van der Waals surface area contributed by atoms with Crippen LogP contribution in [0.15, 0.2) is 48.3 Å². The number of nitrogens with zero attached hydrogens (tertiary/aromatic N) is 2. The molecule has 1 aromatic carbocycles. The highest BCUT2D eigenvalue weighted by Crippen LogP contribution is 2.09. The molecule has 22 heavy (non-hydrogen) atoms. The van der Waals surface area contributed by atoms with E-state index in [1.807, 2.05) is 12.1 Å². The molecule has 0 spiro atoms.